The standard InChI is InChI=1S/C16H26N2O2/c1-4-8-19-14-9-13(10-17-11-14)16(18-5-2)15-7-6-12(3)20-15/h9-12,15-16,18H,4-8H2,1-3H3. The molecule has 0 spiro atoms. The molecule has 112 valence electrons. The molecule has 1 saturated heterocycles. The zero-order valence-corrected chi connectivity index (χ0v) is 12.8. The van der Waals surface area contributed by atoms with Crippen molar-refractivity contribution >= 4 is 0 Å². The Morgan fingerprint density at radius 3 is 2.90 bits per heavy atom. The van der Waals surface area contributed by atoms with E-state index in [0.717, 1.165) is 43.7 Å². The van der Waals surface area contributed by atoms with Crippen LogP contribution < -0.4 is 10.1 Å². The Labute approximate surface area is 121 Å². The van der Waals surface area contributed by atoms with Crippen LogP contribution in [0.15, 0.2) is 18.5 Å². The minimum atomic E-state index is 0.197. The Bertz CT molecular complexity index is 411. The number of hydrogen-bond donors (Lipinski definition) is 1. The van der Waals surface area contributed by atoms with Gasteiger partial charge in [0.05, 0.1) is 31.1 Å². The first-order chi connectivity index (χ1) is 9.74. The summed E-state index contributed by atoms with van der Waals surface area (Å²) in [5.41, 5.74) is 1.15. The zero-order valence-electron chi connectivity index (χ0n) is 12.8. The van der Waals surface area contributed by atoms with Crippen LogP contribution in [0.1, 0.15) is 51.6 Å². The van der Waals surface area contributed by atoms with Gasteiger partial charge in [-0.1, -0.05) is 13.8 Å². The number of nitrogens with one attached hydrogen (secondary N) is 1. The summed E-state index contributed by atoms with van der Waals surface area (Å²) in [5, 5.41) is 3.52. The second-order valence-electron chi connectivity index (χ2n) is 5.40. The van der Waals surface area contributed by atoms with E-state index in [1.54, 1.807) is 6.20 Å². The number of hydrogen-bond acceptors (Lipinski definition) is 4. The normalized spacial score (nSPS) is 23.8. The number of aromatic nitrogens is 1. The van der Waals surface area contributed by atoms with Gasteiger partial charge in [-0.05, 0) is 44.4 Å². The van der Waals surface area contributed by atoms with Gasteiger partial charge in [0, 0.05) is 6.20 Å². The molecule has 0 radical (unpaired) electrons. The van der Waals surface area contributed by atoms with E-state index in [0.29, 0.717) is 6.10 Å². The third kappa shape index (κ3) is 3.93. The minimum Gasteiger partial charge on any atom is -0.492 e. The molecule has 0 saturated carbocycles. The predicted molar refractivity (Wildman–Crippen MR) is 80.0 cm³/mol. The fourth-order valence-corrected chi connectivity index (χ4v) is 2.67. The van der Waals surface area contributed by atoms with Gasteiger partial charge in [-0.3, -0.25) is 4.98 Å². The van der Waals surface area contributed by atoms with Crippen molar-refractivity contribution in [2.24, 2.45) is 0 Å². The maximum atomic E-state index is 6.02. The maximum absolute atomic E-state index is 6.02. The lowest BCUT2D eigenvalue weighted by molar-refractivity contribution is 0.0318. The quantitative estimate of drug-likeness (QED) is 0.832. The second-order valence-corrected chi connectivity index (χ2v) is 5.40. The second kappa shape index (κ2) is 7.60. The smallest absolute Gasteiger partial charge is 0.137 e. The molecule has 1 aromatic rings. The largest absolute Gasteiger partial charge is 0.492 e. The van der Waals surface area contributed by atoms with Crippen LogP contribution in [0.5, 0.6) is 5.75 Å². The average molecular weight is 278 g/mol. The first-order valence-corrected chi connectivity index (χ1v) is 7.71. The Hall–Kier alpha value is -1.13. The highest BCUT2D eigenvalue weighted by Crippen LogP contribution is 2.31. The van der Waals surface area contributed by atoms with Crippen LogP contribution in [-0.4, -0.2) is 30.3 Å². The van der Waals surface area contributed by atoms with Crippen molar-refractivity contribution in [2.75, 3.05) is 13.2 Å². The molecule has 3 unspecified atom stereocenters. The van der Waals surface area contributed by atoms with Crippen molar-refractivity contribution < 1.29 is 9.47 Å². The van der Waals surface area contributed by atoms with Crippen molar-refractivity contribution in [3.05, 3.63) is 24.0 Å². The first kappa shape index (κ1) is 15.3. The van der Waals surface area contributed by atoms with E-state index in [1.165, 1.54) is 0 Å². The molecule has 0 aromatic carbocycles. The minimum absolute atomic E-state index is 0.197. The van der Waals surface area contributed by atoms with Crippen molar-refractivity contribution in [3.8, 4) is 5.75 Å². The van der Waals surface area contributed by atoms with E-state index in [4.69, 9.17) is 9.47 Å². The number of pyridine rings is 1. The fourth-order valence-electron chi connectivity index (χ4n) is 2.67. The molecule has 4 heteroatoms. The van der Waals surface area contributed by atoms with Crippen LogP contribution in [0.3, 0.4) is 0 Å². The summed E-state index contributed by atoms with van der Waals surface area (Å²) in [6.07, 6.45) is 7.51. The van der Waals surface area contributed by atoms with Gasteiger partial charge in [0.15, 0.2) is 0 Å². The monoisotopic (exact) mass is 278 g/mol. The lowest BCUT2D eigenvalue weighted by Crippen LogP contribution is -2.32. The number of ether oxygens (including phenoxy) is 2. The molecule has 4 nitrogen and oxygen atoms in total. The SMILES string of the molecule is CCCOc1cncc(C(NCC)C2CCC(C)O2)c1. The number of nitrogens with zero attached hydrogens (tertiary/aromatic N) is 1. The molecular formula is C16H26N2O2. The van der Waals surface area contributed by atoms with Crippen molar-refractivity contribution in [1.82, 2.24) is 10.3 Å². The third-order valence-corrected chi connectivity index (χ3v) is 3.63. The van der Waals surface area contributed by atoms with E-state index in [1.807, 2.05) is 6.20 Å². The van der Waals surface area contributed by atoms with Crippen LogP contribution in [0, 0.1) is 0 Å². The van der Waals surface area contributed by atoms with Gasteiger partial charge in [-0.25, -0.2) is 0 Å². The molecule has 1 aliphatic heterocycles. The summed E-state index contributed by atoms with van der Waals surface area (Å²) >= 11 is 0. The molecule has 0 bridgehead atoms. The van der Waals surface area contributed by atoms with Crippen LogP contribution >= 0.6 is 0 Å². The molecule has 0 aliphatic carbocycles. The summed E-state index contributed by atoms with van der Waals surface area (Å²) < 4.78 is 11.7. The van der Waals surface area contributed by atoms with E-state index in [-0.39, 0.29) is 12.1 Å². The van der Waals surface area contributed by atoms with Crippen LogP contribution in [-0.2, 0) is 4.74 Å². The summed E-state index contributed by atoms with van der Waals surface area (Å²) in [6, 6.07) is 2.28. The highest BCUT2D eigenvalue weighted by atomic mass is 16.5. The van der Waals surface area contributed by atoms with Gasteiger partial charge in [0.2, 0.25) is 0 Å². The molecule has 1 N–H and O–H groups in total. The van der Waals surface area contributed by atoms with Crippen molar-refractivity contribution in [3.63, 3.8) is 0 Å². The fraction of sp³-hybridized carbons (Fsp3) is 0.688. The zero-order chi connectivity index (χ0) is 14.4. The molecule has 0 amide bonds. The molecule has 1 aromatic heterocycles. The average Bonchev–Trinajstić information content (AvgIpc) is 2.89. The lowest BCUT2D eigenvalue weighted by Gasteiger charge is -2.25. The van der Waals surface area contributed by atoms with Gasteiger partial charge in [0.1, 0.15) is 5.75 Å². The topological polar surface area (TPSA) is 43.4 Å². The summed E-state index contributed by atoms with van der Waals surface area (Å²) in [5.74, 6) is 0.846. The summed E-state index contributed by atoms with van der Waals surface area (Å²) in [6.45, 7) is 8.01. The van der Waals surface area contributed by atoms with Crippen LogP contribution in [0.25, 0.3) is 0 Å². The lowest BCUT2D eigenvalue weighted by atomic mass is 10.0. The van der Waals surface area contributed by atoms with E-state index in [2.05, 4.69) is 37.1 Å². The van der Waals surface area contributed by atoms with Gasteiger partial charge in [0.25, 0.3) is 0 Å². The van der Waals surface area contributed by atoms with Gasteiger partial charge < -0.3 is 14.8 Å². The number of rotatable bonds is 7. The summed E-state index contributed by atoms with van der Waals surface area (Å²) in [7, 11) is 0. The van der Waals surface area contributed by atoms with Crippen LogP contribution in [0.4, 0.5) is 0 Å². The first-order valence-electron chi connectivity index (χ1n) is 7.71. The molecular weight excluding hydrogens is 252 g/mol. The molecule has 2 heterocycles. The molecule has 3 atom stereocenters. The number of likely N-dealkylation sites (N-methyl/N-ethyl adjacent to an activating group) is 1. The van der Waals surface area contributed by atoms with Crippen molar-refractivity contribution in [1.29, 1.82) is 0 Å². The Morgan fingerprint density at radius 2 is 2.25 bits per heavy atom. The molecule has 1 aliphatic rings. The van der Waals surface area contributed by atoms with Crippen molar-refractivity contribution in [2.45, 2.75) is 58.3 Å². The third-order valence-electron chi connectivity index (χ3n) is 3.63. The molecule has 2 rings (SSSR count). The Kier molecular flexibility index (Phi) is 5.80. The predicted octanol–water partition coefficient (Wildman–Crippen LogP) is 3.09. The van der Waals surface area contributed by atoms with Gasteiger partial charge in [-0.15, -0.1) is 0 Å². The van der Waals surface area contributed by atoms with E-state index < -0.39 is 0 Å². The Balaban J connectivity index is 2.11. The molecule has 20 heavy (non-hydrogen) atoms. The van der Waals surface area contributed by atoms with Gasteiger partial charge in [-0.2, -0.15) is 0 Å². The van der Waals surface area contributed by atoms with Crippen LogP contribution in [0.2, 0.25) is 0 Å². The van der Waals surface area contributed by atoms with Gasteiger partial charge >= 0.3 is 0 Å². The maximum Gasteiger partial charge on any atom is 0.137 e. The highest BCUT2D eigenvalue weighted by molar-refractivity contribution is 5.27. The summed E-state index contributed by atoms with van der Waals surface area (Å²) in [4.78, 5) is 4.31. The van der Waals surface area contributed by atoms with E-state index in [9.17, 15) is 0 Å². The highest BCUT2D eigenvalue weighted by Gasteiger charge is 2.30. The van der Waals surface area contributed by atoms with E-state index >= 15 is 0 Å². The molecule has 1 fully saturated rings. The Morgan fingerprint density at radius 1 is 1.40 bits per heavy atom.